The summed E-state index contributed by atoms with van der Waals surface area (Å²) in [7, 11) is 0. The van der Waals surface area contributed by atoms with Gasteiger partial charge in [0.2, 0.25) is 0 Å². The lowest BCUT2D eigenvalue weighted by Gasteiger charge is -2.07. The third-order valence-electron chi connectivity index (χ3n) is 3.00. The summed E-state index contributed by atoms with van der Waals surface area (Å²) >= 11 is 1.59. The van der Waals surface area contributed by atoms with Crippen LogP contribution in [0.2, 0.25) is 0 Å². The molecule has 0 atom stereocenters. The number of hydrogen-bond acceptors (Lipinski definition) is 4. The van der Waals surface area contributed by atoms with E-state index in [0.717, 1.165) is 15.7 Å². The molecule has 0 amide bonds. The van der Waals surface area contributed by atoms with Crippen LogP contribution in [0.4, 0.5) is 5.00 Å². The fourth-order valence-corrected chi connectivity index (χ4v) is 2.79. The molecule has 3 N–H and O–H groups in total. The highest BCUT2D eigenvalue weighted by atomic mass is 32.1. The molecule has 0 aliphatic carbocycles. The molecule has 1 aromatic heterocycles. The number of aryl methyl sites for hydroxylation is 4. The van der Waals surface area contributed by atoms with Gasteiger partial charge in [0.25, 0.3) is 0 Å². The minimum atomic E-state index is 0.928. The third kappa shape index (κ3) is 2.18. The van der Waals surface area contributed by atoms with Crippen molar-refractivity contribution in [2.75, 3.05) is 5.43 Å². The number of anilines is 1. The minimum absolute atomic E-state index is 0.928. The van der Waals surface area contributed by atoms with Gasteiger partial charge < -0.3 is 5.43 Å². The largest absolute Gasteiger partial charge is 0.314 e. The normalized spacial score (nSPS) is 10.6. The van der Waals surface area contributed by atoms with Crippen molar-refractivity contribution in [2.24, 2.45) is 5.84 Å². The summed E-state index contributed by atoms with van der Waals surface area (Å²) in [6, 6.07) is 4.40. The maximum Gasteiger partial charge on any atom is 0.126 e. The number of thiazole rings is 1. The molecular weight excluding hydrogens is 230 g/mol. The van der Waals surface area contributed by atoms with E-state index in [1.807, 2.05) is 6.92 Å². The third-order valence-corrected chi connectivity index (χ3v) is 4.12. The Bertz CT molecular complexity index is 558. The van der Waals surface area contributed by atoms with Crippen LogP contribution in [0.25, 0.3) is 10.6 Å². The summed E-state index contributed by atoms with van der Waals surface area (Å²) < 4.78 is 0. The molecule has 0 bridgehead atoms. The van der Waals surface area contributed by atoms with Gasteiger partial charge in [-0.15, -0.1) is 0 Å². The van der Waals surface area contributed by atoms with Crippen molar-refractivity contribution in [1.29, 1.82) is 0 Å². The first-order chi connectivity index (χ1) is 8.02. The van der Waals surface area contributed by atoms with Gasteiger partial charge in [0.05, 0.1) is 5.69 Å². The molecular formula is C13H17N3S. The Labute approximate surface area is 106 Å². The summed E-state index contributed by atoms with van der Waals surface area (Å²) in [6.07, 6.45) is 0. The molecule has 0 unspecified atom stereocenters. The lowest BCUT2D eigenvalue weighted by atomic mass is 10.0. The molecule has 4 heteroatoms. The SMILES string of the molecule is Cc1cc(C)c(-c2nc(C)c(NN)s2)cc1C. The van der Waals surface area contributed by atoms with Crippen LogP contribution in [0.15, 0.2) is 12.1 Å². The van der Waals surface area contributed by atoms with Crippen LogP contribution in [-0.2, 0) is 0 Å². The summed E-state index contributed by atoms with van der Waals surface area (Å²) in [5, 5.41) is 1.95. The second kappa shape index (κ2) is 4.47. The molecule has 2 aromatic rings. The second-order valence-corrected chi connectivity index (χ2v) is 5.33. The first-order valence-corrected chi connectivity index (χ1v) is 6.37. The molecule has 0 saturated heterocycles. The Morgan fingerprint density at radius 3 is 2.29 bits per heavy atom. The molecule has 0 radical (unpaired) electrons. The zero-order valence-electron chi connectivity index (χ0n) is 10.6. The Hall–Kier alpha value is -1.39. The van der Waals surface area contributed by atoms with Crippen molar-refractivity contribution in [1.82, 2.24) is 4.98 Å². The van der Waals surface area contributed by atoms with E-state index in [1.165, 1.54) is 22.3 Å². The Morgan fingerprint density at radius 2 is 1.71 bits per heavy atom. The van der Waals surface area contributed by atoms with E-state index in [0.29, 0.717) is 0 Å². The van der Waals surface area contributed by atoms with E-state index in [2.05, 4.69) is 43.3 Å². The van der Waals surface area contributed by atoms with Crippen LogP contribution in [0.3, 0.4) is 0 Å². The van der Waals surface area contributed by atoms with Crippen LogP contribution in [0, 0.1) is 27.7 Å². The maximum absolute atomic E-state index is 5.45. The summed E-state index contributed by atoms with van der Waals surface area (Å²) in [5.74, 6) is 5.45. The van der Waals surface area contributed by atoms with E-state index in [9.17, 15) is 0 Å². The predicted molar refractivity (Wildman–Crippen MR) is 74.3 cm³/mol. The number of nitrogen functional groups attached to an aromatic ring is 1. The van der Waals surface area contributed by atoms with Gasteiger partial charge in [-0.25, -0.2) is 10.8 Å². The Balaban J connectivity index is 2.56. The van der Waals surface area contributed by atoms with Crippen LogP contribution < -0.4 is 11.3 Å². The molecule has 2 rings (SSSR count). The average molecular weight is 247 g/mol. The molecule has 0 saturated carbocycles. The molecule has 3 nitrogen and oxygen atoms in total. The predicted octanol–water partition coefficient (Wildman–Crippen LogP) is 3.33. The highest BCUT2D eigenvalue weighted by Crippen LogP contribution is 2.34. The minimum Gasteiger partial charge on any atom is -0.314 e. The van der Waals surface area contributed by atoms with Gasteiger partial charge in [-0.3, -0.25) is 0 Å². The van der Waals surface area contributed by atoms with Gasteiger partial charge >= 0.3 is 0 Å². The van der Waals surface area contributed by atoms with Gasteiger partial charge in [-0.1, -0.05) is 17.4 Å². The number of hydrogen-bond donors (Lipinski definition) is 2. The van der Waals surface area contributed by atoms with Gasteiger partial charge in [0.15, 0.2) is 0 Å². The van der Waals surface area contributed by atoms with Crippen LogP contribution in [0.1, 0.15) is 22.4 Å². The van der Waals surface area contributed by atoms with Crippen LogP contribution in [0.5, 0.6) is 0 Å². The van der Waals surface area contributed by atoms with Gasteiger partial charge in [-0.2, -0.15) is 0 Å². The Morgan fingerprint density at radius 1 is 1.06 bits per heavy atom. The van der Waals surface area contributed by atoms with Crippen molar-refractivity contribution in [3.8, 4) is 10.6 Å². The first kappa shape index (κ1) is 12.1. The van der Waals surface area contributed by atoms with E-state index in [-0.39, 0.29) is 0 Å². The van der Waals surface area contributed by atoms with Crippen molar-refractivity contribution in [3.05, 3.63) is 34.5 Å². The van der Waals surface area contributed by atoms with Crippen LogP contribution in [-0.4, -0.2) is 4.98 Å². The number of nitrogens with two attached hydrogens (primary N) is 1. The van der Waals surface area contributed by atoms with E-state index >= 15 is 0 Å². The lowest BCUT2D eigenvalue weighted by Crippen LogP contribution is -2.05. The van der Waals surface area contributed by atoms with Crippen molar-refractivity contribution in [2.45, 2.75) is 27.7 Å². The lowest BCUT2D eigenvalue weighted by molar-refractivity contribution is 1.23. The zero-order chi connectivity index (χ0) is 12.6. The summed E-state index contributed by atoms with van der Waals surface area (Å²) in [6.45, 7) is 8.34. The standard InChI is InChI=1S/C13H17N3S/c1-7-5-9(3)11(6-8(7)2)13-15-10(4)12(16-14)17-13/h5-6,16H,14H2,1-4H3. The smallest absolute Gasteiger partial charge is 0.126 e. The monoisotopic (exact) mass is 247 g/mol. The molecule has 0 spiro atoms. The highest BCUT2D eigenvalue weighted by molar-refractivity contribution is 7.19. The maximum atomic E-state index is 5.45. The number of rotatable bonds is 2. The number of nitrogens with one attached hydrogen (secondary N) is 1. The van der Waals surface area contributed by atoms with E-state index in [1.54, 1.807) is 11.3 Å². The fraction of sp³-hybridized carbons (Fsp3) is 0.308. The van der Waals surface area contributed by atoms with Crippen LogP contribution >= 0.6 is 11.3 Å². The van der Waals surface area contributed by atoms with Crippen molar-refractivity contribution >= 4 is 16.3 Å². The van der Waals surface area contributed by atoms with Crippen molar-refractivity contribution < 1.29 is 0 Å². The molecule has 0 fully saturated rings. The van der Waals surface area contributed by atoms with Gasteiger partial charge in [0.1, 0.15) is 10.0 Å². The topological polar surface area (TPSA) is 50.9 Å². The number of hydrazine groups is 1. The molecule has 0 aliphatic rings. The Kier molecular flexibility index (Phi) is 3.17. The highest BCUT2D eigenvalue weighted by Gasteiger charge is 2.11. The fourth-order valence-electron chi connectivity index (χ4n) is 1.84. The van der Waals surface area contributed by atoms with E-state index in [4.69, 9.17) is 5.84 Å². The number of benzene rings is 1. The molecule has 1 heterocycles. The van der Waals surface area contributed by atoms with Gasteiger partial charge in [0, 0.05) is 5.56 Å². The zero-order valence-corrected chi connectivity index (χ0v) is 11.4. The molecule has 1 aromatic carbocycles. The van der Waals surface area contributed by atoms with Gasteiger partial charge in [-0.05, 0) is 50.5 Å². The quantitative estimate of drug-likeness (QED) is 0.632. The average Bonchev–Trinajstić information content (AvgIpc) is 2.65. The second-order valence-electron chi connectivity index (χ2n) is 4.33. The first-order valence-electron chi connectivity index (χ1n) is 5.55. The molecule has 17 heavy (non-hydrogen) atoms. The molecule has 90 valence electrons. The summed E-state index contributed by atoms with van der Waals surface area (Å²) in [5.41, 5.74) is 8.70. The number of aromatic nitrogens is 1. The molecule has 0 aliphatic heterocycles. The van der Waals surface area contributed by atoms with E-state index < -0.39 is 0 Å². The van der Waals surface area contributed by atoms with Crippen molar-refractivity contribution in [3.63, 3.8) is 0 Å². The number of nitrogens with zero attached hydrogens (tertiary/aromatic N) is 1. The summed E-state index contributed by atoms with van der Waals surface area (Å²) in [4.78, 5) is 4.56.